The first-order valence-electron chi connectivity index (χ1n) is 9.13. The van der Waals surface area contributed by atoms with Crippen molar-refractivity contribution in [2.45, 2.75) is 19.5 Å². The van der Waals surface area contributed by atoms with Gasteiger partial charge >= 0.3 is 12.1 Å². The van der Waals surface area contributed by atoms with Crippen molar-refractivity contribution in [1.29, 1.82) is 0 Å². The predicted molar refractivity (Wildman–Crippen MR) is 99.9 cm³/mol. The van der Waals surface area contributed by atoms with E-state index in [1.807, 2.05) is 30.3 Å². The molecule has 2 aliphatic rings. The Morgan fingerprint density at radius 2 is 1.77 bits per heavy atom. The molecule has 0 radical (unpaired) electrons. The molecule has 4 rings (SSSR count). The maximum Gasteiger partial charge on any atom is 0.490 e. The second kappa shape index (κ2) is 8.25. The van der Waals surface area contributed by atoms with E-state index in [1.54, 1.807) is 18.5 Å². The van der Waals surface area contributed by atoms with Gasteiger partial charge in [-0.3, -0.25) is 9.78 Å². The number of rotatable bonds is 2. The van der Waals surface area contributed by atoms with E-state index in [-0.39, 0.29) is 11.3 Å². The SMILES string of the molecule is Cc1cnc(N2CC3(CCN(C(=O)c4cccnc4)C3)C2)nc1.O=C(O)C(F)(F)F. The zero-order valence-corrected chi connectivity index (χ0v) is 16.1. The Morgan fingerprint density at radius 3 is 2.30 bits per heavy atom. The highest BCUT2D eigenvalue weighted by atomic mass is 19.4. The van der Waals surface area contributed by atoms with E-state index in [9.17, 15) is 18.0 Å². The van der Waals surface area contributed by atoms with Gasteiger partial charge in [0.15, 0.2) is 0 Å². The number of alkyl halides is 3. The molecule has 11 heteroatoms. The number of carbonyl (C=O) groups is 2. The molecule has 30 heavy (non-hydrogen) atoms. The molecule has 2 fully saturated rings. The number of carboxylic acid groups (broad SMARTS) is 1. The van der Waals surface area contributed by atoms with Crippen LogP contribution in [0.1, 0.15) is 22.3 Å². The Kier molecular flexibility index (Phi) is 5.90. The highest BCUT2D eigenvalue weighted by Gasteiger charge is 2.49. The Labute approximate surface area is 170 Å². The predicted octanol–water partition coefficient (Wildman–Crippen LogP) is 2.17. The molecule has 2 aromatic heterocycles. The standard InChI is InChI=1S/C17H19N5O.C2HF3O2/c1-13-7-19-16(20-8-13)22-11-17(12-22)4-6-21(10-17)15(23)14-3-2-5-18-9-14;3-2(4,5)1(6)7/h2-3,5,7-9H,4,6,10-12H2,1H3;(H,6,7). The molecule has 0 saturated carbocycles. The summed E-state index contributed by atoms with van der Waals surface area (Å²) in [6.07, 6.45) is 2.98. The number of anilines is 1. The summed E-state index contributed by atoms with van der Waals surface area (Å²) in [5, 5.41) is 7.12. The summed E-state index contributed by atoms with van der Waals surface area (Å²) < 4.78 is 31.7. The second-order valence-corrected chi connectivity index (χ2v) is 7.44. The zero-order chi connectivity index (χ0) is 21.9. The van der Waals surface area contributed by atoms with E-state index in [2.05, 4.69) is 19.9 Å². The maximum atomic E-state index is 12.5. The van der Waals surface area contributed by atoms with Crippen molar-refractivity contribution in [3.05, 3.63) is 48.0 Å². The summed E-state index contributed by atoms with van der Waals surface area (Å²) >= 11 is 0. The van der Waals surface area contributed by atoms with Crippen LogP contribution < -0.4 is 4.90 Å². The van der Waals surface area contributed by atoms with E-state index in [1.165, 1.54) is 0 Å². The number of carboxylic acids is 1. The van der Waals surface area contributed by atoms with Gasteiger partial charge in [0, 0.05) is 56.4 Å². The van der Waals surface area contributed by atoms with Crippen molar-refractivity contribution in [2.75, 3.05) is 31.1 Å². The third-order valence-electron chi connectivity index (χ3n) is 4.98. The first kappa shape index (κ1) is 21.5. The van der Waals surface area contributed by atoms with Crippen LogP contribution in [0.5, 0.6) is 0 Å². The molecule has 2 saturated heterocycles. The van der Waals surface area contributed by atoms with Crippen LogP contribution in [0.25, 0.3) is 0 Å². The lowest BCUT2D eigenvalue weighted by molar-refractivity contribution is -0.192. The molecule has 4 heterocycles. The molecule has 1 spiro atoms. The van der Waals surface area contributed by atoms with Gasteiger partial charge < -0.3 is 14.9 Å². The molecule has 160 valence electrons. The van der Waals surface area contributed by atoms with Crippen LogP contribution >= 0.6 is 0 Å². The largest absolute Gasteiger partial charge is 0.490 e. The number of nitrogens with zero attached hydrogens (tertiary/aromatic N) is 5. The highest BCUT2D eigenvalue weighted by molar-refractivity contribution is 5.94. The molecule has 2 aromatic rings. The molecule has 0 atom stereocenters. The van der Waals surface area contributed by atoms with E-state index in [0.29, 0.717) is 5.56 Å². The van der Waals surface area contributed by atoms with Crippen LogP contribution in [0.2, 0.25) is 0 Å². The lowest BCUT2D eigenvalue weighted by Crippen LogP contribution is -2.58. The third kappa shape index (κ3) is 4.84. The first-order chi connectivity index (χ1) is 14.1. The zero-order valence-electron chi connectivity index (χ0n) is 16.1. The van der Waals surface area contributed by atoms with Crippen molar-refractivity contribution < 1.29 is 27.9 Å². The monoisotopic (exact) mass is 423 g/mol. The summed E-state index contributed by atoms with van der Waals surface area (Å²) in [5.41, 5.74) is 1.94. The van der Waals surface area contributed by atoms with Crippen molar-refractivity contribution in [3.8, 4) is 0 Å². The van der Waals surface area contributed by atoms with Gasteiger partial charge in [-0.1, -0.05) is 0 Å². The summed E-state index contributed by atoms with van der Waals surface area (Å²) in [4.78, 5) is 38.3. The van der Waals surface area contributed by atoms with E-state index < -0.39 is 12.1 Å². The number of carbonyl (C=O) groups excluding carboxylic acids is 1. The first-order valence-corrected chi connectivity index (χ1v) is 9.13. The fourth-order valence-electron chi connectivity index (χ4n) is 3.49. The molecule has 0 bridgehead atoms. The van der Waals surface area contributed by atoms with Gasteiger partial charge in [-0.05, 0) is 31.0 Å². The number of halogens is 3. The number of likely N-dealkylation sites (tertiary alicyclic amines) is 1. The molecule has 0 unspecified atom stereocenters. The van der Waals surface area contributed by atoms with Gasteiger partial charge in [0.1, 0.15) is 0 Å². The van der Waals surface area contributed by atoms with Crippen LogP contribution in [-0.4, -0.2) is 69.2 Å². The fourth-order valence-corrected chi connectivity index (χ4v) is 3.49. The van der Waals surface area contributed by atoms with Gasteiger partial charge in [-0.2, -0.15) is 13.2 Å². The number of aromatic nitrogens is 3. The van der Waals surface area contributed by atoms with Gasteiger partial charge in [0.05, 0.1) is 5.56 Å². The minimum absolute atomic E-state index is 0.0833. The molecule has 8 nitrogen and oxygen atoms in total. The lowest BCUT2D eigenvalue weighted by atomic mass is 9.79. The minimum atomic E-state index is -5.08. The lowest BCUT2D eigenvalue weighted by Gasteiger charge is -2.47. The Hall–Kier alpha value is -3.24. The third-order valence-corrected chi connectivity index (χ3v) is 4.98. The topological polar surface area (TPSA) is 99.5 Å². The normalized spacial score (nSPS) is 17.2. The maximum absolute atomic E-state index is 12.5. The number of aliphatic carboxylic acids is 1. The molecule has 2 aliphatic heterocycles. The van der Waals surface area contributed by atoms with E-state index in [0.717, 1.165) is 44.1 Å². The van der Waals surface area contributed by atoms with E-state index in [4.69, 9.17) is 9.90 Å². The Balaban J connectivity index is 0.000000318. The molecular formula is C19H20F3N5O3. The fraction of sp³-hybridized carbons (Fsp3) is 0.421. The number of pyridine rings is 1. The van der Waals surface area contributed by atoms with Crippen LogP contribution in [0.15, 0.2) is 36.9 Å². The Morgan fingerprint density at radius 1 is 1.13 bits per heavy atom. The molecule has 0 aliphatic carbocycles. The van der Waals surface area contributed by atoms with Crippen molar-refractivity contribution in [2.24, 2.45) is 5.41 Å². The quantitative estimate of drug-likeness (QED) is 0.790. The molecular weight excluding hydrogens is 403 g/mol. The smallest absolute Gasteiger partial charge is 0.475 e. The van der Waals surface area contributed by atoms with Crippen molar-refractivity contribution in [3.63, 3.8) is 0 Å². The molecule has 1 amide bonds. The Bertz CT molecular complexity index is 900. The number of hydrogen-bond donors (Lipinski definition) is 1. The minimum Gasteiger partial charge on any atom is -0.475 e. The molecule has 0 aromatic carbocycles. The summed E-state index contributed by atoms with van der Waals surface area (Å²) in [6, 6.07) is 3.63. The number of hydrogen-bond acceptors (Lipinski definition) is 6. The summed E-state index contributed by atoms with van der Waals surface area (Å²) in [7, 11) is 0. The van der Waals surface area contributed by atoms with E-state index >= 15 is 0 Å². The number of amides is 1. The highest BCUT2D eigenvalue weighted by Crippen LogP contribution is 2.41. The van der Waals surface area contributed by atoms with Gasteiger partial charge in [0.25, 0.3) is 5.91 Å². The van der Waals surface area contributed by atoms with Gasteiger partial charge in [-0.25, -0.2) is 14.8 Å². The van der Waals surface area contributed by atoms with Gasteiger partial charge in [0.2, 0.25) is 5.95 Å². The second-order valence-electron chi connectivity index (χ2n) is 7.44. The molecule has 1 N–H and O–H groups in total. The van der Waals surface area contributed by atoms with Crippen LogP contribution in [0.3, 0.4) is 0 Å². The van der Waals surface area contributed by atoms with Crippen LogP contribution in [0.4, 0.5) is 19.1 Å². The summed E-state index contributed by atoms with van der Waals surface area (Å²) in [6.45, 7) is 5.46. The van der Waals surface area contributed by atoms with Crippen LogP contribution in [0, 0.1) is 12.3 Å². The van der Waals surface area contributed by atoms with Crippen molar-refractivity contribution >= 4 is 17.8 Å². The average Bonchev–Trinajstić information content (AvgIpc) is 3.13. The number of aryl methyl sites for hydroxylation is 1. The summed E-state index contributed by atoms with van der Waals surface area (Å²) in [5.74, 6) is -1.88. The van der Waals surface area contributed by atoms with Crippen molar-refractivity contribution in [1.82, 2.24) is 19.9 Å². The average molecular weight is 423 g/mol. The van der Waals surface area contributed by atoms with Crippen LogP contribution in [-0.2, 0) is 4.79 Å². The van der Waals surface area contributed by atoms with Gasteiger partial charge in [-0.15, -0.1) is 0 Å².